The Balaban J connectivity index is 1.68. The first-order valence-electron chi connectivity index (χ1n) is 7.94. The summed E-state index contributed by atoms with van der Waals surface area (Å²) in [5, 5.41) is 4.01. The van der Waals surface area contributed by atoms with E-state index in [1.165, 1.54) is 19.0 Å². The van der Waals surface area contributed by atoms with Gasteiger partial charge >= 0.3 is 0 Å². The van der Waals surface area contributed by atoms with E-state index in [4.69, 9.17) is 4.74 Å². The Bertz CT molecular complexity index is 725. The number of pyridine rings is 1. The second-order valence-corrected chi connectivity index (χ2v) is 5.56. The van der Waals surface area contributed by atoms with Crippen LogP contribution in [0.25, 0.3) is 0 Å². The van der Waals surface area contributed by atoms with Gasteiger partial charge in [0.05, 0.1) is 18.9 Å². The molecular weight excluding hydrogens is 304 g/mol. The number of hydrogen-bond acceptors (Lipinski definition) is 5. The van der Waals surface area contributed by atoms with Gasteiger partial charge in [-0.2, -0.15) is 5.10 Å². The fraction of sp³-hybridized carbons (Fsp3) is 0.278. The topological polar surface area (TPSA) is 66.8 Å². The lowest BCUT2D eigenvalue weighted by atomic mass is 10.2. The largest absolute Gasteiger partial charge is 0.496 e. The van der Waals surface area contributed by atoms with Crippen molar-refractivity contribution >= 4 is 17.8 Å². The molecule has 1 aliphatic rings. The highest BCUT2D eigenvalue weighted by Crippen LogP contribution is 2.27. The third-order valence-electron chi connectivity index (χ3n) is 3.98. The normalized spacial score (nSPS) is 14.1. The molecule has 1 fully saturated rings. The summed E-state index contributed by atoms with van der Waals surface area (Å²) in [6, 6.07) is 9.40. The molecule has 24 heavy (non-hydrogen) atoms. The minimum absolute atomic E-state index is 0.299. The number of hydrogen-bond donors (Lipinski definition) is 1. The van der Waals surface area contributed by atoms with Crippen LogP contribution >= 0.6 is 0 Å². The molecule has 2 aromatic rings. The van der Waals surface area contributed by atoms with Crippen LogP contribution in [0, 0.1) is 0 Å². The molecule has 6 nitrogen and oxygen atoms in total. The van der Waals surface area contributed by atoms with Crippen molar-refractivity contribution in [2.24, 2.45) is 5.10 Å². The molecule has 0 bridgehead atoms. The van der Waals surface area contributed by atoms with Crippen LogP contribution in [0.15, 0.2) is 47.8 Å². The number of carbonyl (C=O) groups excluding carboxylic acids is 1. The molecule has 1 aromatic heterocycles. The number of aromatic nitrogens is 1. The van der Waals surface area contributed by atoms with Crippen LogP contribution in [0.5, 0.6) is 5.75 Å². The van der Waals surface area contributed by atoms with E-state index in [1.54, 1.807) is 31.7 Å². The molecule has 124 valence electrons. The van der Waals surface area contributed by atoms with Gasteiger partial charge in [-0.25, -0.2) is 5.43 Å². The van der Waals surface area contributed by atoms with Gasteiger partial charge in [-0.15, -0.1) is 0 Å². The predicted octanol–water partition coefficient (Wildman–Crippen LogP) is 2.45. The summed E-state index contributed by atoms with van der Waals surface area (Å²) in [7, 11) is 1.63. The van der Waals surface area contributed by atoms with Crippen LogP contribution in [0.1, 0.15) is 28.8 Å². The summed E-state index contributed by atoms with van der Waals surface area (Å²) in [5.74, 6) is 0.436. The Morgan fingerprint density at radius 1 is 1.33 bits per heavy atom. The minimum atomic E-state index is -0.299. The smallest absolute Gasteiger partial charge is 0.272 e. The fourth-order valence-corrected chi connectivity index (χ4v) is 2.70. The molecule has 1 N–H and O–H groups in total. The maximum Gasteiger partial charge on any atom is 0.272 e. The summed E-state index contributed by atoms with van der Waals surface area (Å²) < 4.78 is 5.45. The fourth-order valence-electron chi connectivity index (χ4n) is 2.70. The van der Waals surface area contributed by atoms with Crippen molar-refractivity contribution in [3.05, 3.63) is 53.9 Å². The van der Waals surface area contributed by atoms with Crippen molar-refractivity contribution in [3.63, 3.8) is 0 Å². The molecule has 3 rings (SSSR count). The molecule has 0 radical (unpaired) electrons. The van der Waals surface area contributed by atoms with Crippen molar-refractivity contribution in [2.75, 3.05) is 25.1 Å². The Morgan fingerprint density at radius 3 is 2.88 bits per heavy atom. The molecule has 0 unspecified atom stereocenters. The third-order valence-corrected chi connectivity index (χ3v) is 3.98. The van der Waals surface area contributed by atoms with Gasteiger partial charge in [-0.3, -0.25) is 9.78 Å². The van der Waals surface area contributed by atoms with Gasteiger partial charge in [0.25, 0.3) is 5.91 Å². The van der Waals surface area contributed by atoms with Crippen LogP contribution in [0.4, 0.5) is 5.69 Å². The molecule has 1 saturated heterocycles. The zero-order valence-corrected chi connectivity index (χ0v) is 13.6. The molecule has 1 aliphatic heterocycles. The van der Waals surface area contributed by atoms with Gasteiger partial charge < -0.3 is 9.64 Å². The summed E-state index contributed by atoms with van der Waals surface area (Å²) in [4.78, 5) is 18.2. The first-order valence-corrected chi connectivity index (χ1v) is 7.94. The number of carbonyl (C=O) groups is 1. The van der Waals surface area contributed by atoms with Crippen molar-refractivity contribution in [1.82, 2.24) is 10.4 Å². The average Bonchev–Trinajstić information content (AvgIpc) is 3.17. The lowest BCUT2D eigenvalue weighted by Gasteiger charge is -2.18. The Labute approximate surface area is 141 Å². The molecule has 0 spiro atoms. The van der Waals surface area contributed by atoms with Crippen LogP contribution in [-0.2, 0) is 0 Å². The Hall–Kier alpha value is -2.89. The molecule has 1 amide bonds. The molecule has 6 heteroatoms. The van der Waals surface area contributed by atoms with Crippen molar-refractivity contribution in [1.29, 1.82) is 0 Å². The zero-order chi connectivity index (χ0) is 16.8. The van der Waals surface area contributed by atoms with Crippen molar-refractivity contribution in [3.8, 4) is 5.75 Å². The molecule has 0 aliphatic carbocycles. The van der Waals surface area contributed by atoms with Crippen LogP contribution < -0.4 is 15.1 Å². The van der Waals surface area contributed by atoms with Gasteiger partial charge in [0.1, 0.15) is 5.75 Å². The van der Waals surface area contributed by atoms with Crippen molar-refractivity contribution in [2.45, 2.75) is 12.8 Å². The van der Waals surface area contributed by atoms with Gasteiger partial charge in [-0.1, -0.05) is 0 Å². The number of benzene rings is 1. The summed E-state index contributed by atoms with van der Waals surface area (Å²) in [5.41, 5.74) is 4.92. The highest BCUT2D eigenvalue weighted by Gasteiger charge is 2.14. The van der Waals surface area contributed by atoms with Gasteiger partial charge in [0.15, 0.2) is 0 Å². The first kappa shape index (κ1) is 16.0. The van der Waals surface area contributed by atoms with E-state index in [9.17, 15) is 4.79 Å². The van der Waals surface area contributed by atoms with E-state index < -0.39 is 0 Å². The number of amides is 1. The van der Waals surface area contributed by atoms with Gasteiger partial charge in [0.2, 0.25) is 0 Å². The summed E-state index contributed by atoms with van der Waals surface area (Å²) in [6.07, 6.45) is 7.15. The zero-order valence-electron chi connectivity index (χ0n) is 13.6. The summed E-state index contributed by atoms with van der Waals surface area (Å²) >= 11 is 0. The number of hydrazone groups is 1. The maximum absolute atomic E-state index is 11.9. The second-order valence-electron chi connectivity index (χ2n) is 5.56. The minimum Gasteiger partial charge on any atom is -0.496 e. The van der Waals surface area contributed by atoms with E-state index in [-0.39, 0.29) is 5.91 Å². The lowest BCUT2D eigenvalue weighted by Crippen LogP contribution is -2.18. The monoisotopic (exact) mass is 324 g/mol. The average molecular weight is 324 g/mol. The van der Waals surface area contributed by atoms with Gasteiger partial charge in [-0.05, 0) is 37.1 Å². The van der Waals surface area contributed by atoms with Crippen molar-refractivity contribution < 1.29 is 9.53 Å². The Kier molecular flexibility index (Phi) is 5.05. The molecule has 0 atom stereocenters. The molecule has 1 aromatic carbocycles. The second kappa shape index (κ2) is 7.59. The maximum atomic E-state index is 11.9. The molecular formula is C18H20N4O2. The van der Waals surface area contributed by atoms with E-state index in [0.29, 0.717) is 5.56 Å². The highest BCUT2D eigenvalue weighted by molar-refractivity contribution is 5.94. The number of nitrogens with zero attached hydrogens (tertiary/aromatic N) is 3. The van der Waals surface area contributed by atoms with E-state index >= 15 is 0 Å². The van der Waals surface area contributed by atoms with Crippen LogP contribution in [0.3, 0.4) is 0 Å². The number of ether oxygens (including phenoxy) is 1. The van der Waals surface area contributed by atoms with E-state index in [2.05, 4.69) is 26.5 Å². The van der Waals surface area contributed by atoms with Crippen LogP contribution in [0.2, 0.25) is 0 Å². The quantitative estimate of drug-likeness (QED) is 0.678. The lowest BCUT2D eigenvalue weighted by molar-refractivity contribution is 0.0955. The van der Waals surface area contributed by atoms with Crippen LogP contribution in [-0.4, -0.2) is 37.3 Å². The summed E-state index contributed by atoms with van der Waals surface area (Å²) in [6.45, 7) is 2.16. The van der Waals surface area contributed by atoms with E-state index in [1.807, 2.05) is 12.1 Å². The first-order chi connectivity index (χ1) is 11.8. The third kappa shape index (κ3) is 3.71. The number of nitrogens with one attached hydrogen (secondary N) is 1. The highest BCUT2D eigenvalue weighted by atomic mass is 16.5. The number of rotatable bonds is 5. The number of anilines is 1. The van der Waals surface area contributed by atoms with E-state index in [0.717, 1.165) is 30.1 Å². The molecule has 2 heterocycles. The SMILES string of the molecule is COc1cc(N2CCCC2)ccc1/C=N/NC(=O)c1cccnc1. The number of methoxy groups -OCH3 is 1. The molecule has 0 saturated carbocycles. The van der Waals surface area contributed by atoms with Gasteiger partial charge in [0, 0.05) is 42.8 Å². The standard InChI is InChI=1S/C18H20N4O2/c1-24-17-11-16(22-9-2-3-10-22)7-6-14(17)13-20-21-18(23)15-5-4-8-19-12-15/h4-8,11-13H,2-3,9-10H2,1H3,(H,21,23)/b20-13+. The Morgan fingerprint density at radius 2 is 2.17 bits per heavy atom. The predicted molar refractivity (Wildman–Crippen MR) is 93.7 cm³/mol.